The highest BCUT2D eigenvalue weighted by Gasteiger charge is 2.38. The maximum atomic E-state index is 5.27. The lowest BCUT2D eigenvalue weighted by Crippen LogP contribution is -2.63. The summed E-state index contributed by atoms with van der Waals surface area (Å²) in [6, 6.07) is 0.528. The van der Waals surface area contributed by atoms with E-state index in [1.165, 1.54) is 32.1 Å². The summed E-state index contributed by atoms with van der Waals surface area (Å²) < 4.78 is 5.27. The Morgan fingerprint density at radius 1 is 1.37 bits per heavy atom. The normalized spacial score (nSPS) is 27.8. The van der Waals surface area contributed by atoms with Crippen LogP contribution in [0.25, 0.3) is 0 Å². The van der Waals surface area contributed by atoms with E-state index in [0.717, 1.165) is 31.3 Å². The van der Waals surface area contributed by atoms with Crippen LogP contribution in [0.2, 0.25) is 0 Å². The summed E-state index contributed by atoms with van der Waals surface area (Å²) in [5.41, 5.74) is 0.333. The summed E-state index contributed by atoms with van der Waals surface area (Å²) in [6.07, 6.45) is 6.71. The minimum absolute atomic E-state index is 0.333. The smallest absolute Gasteiger partial charge is 0.240 e. The predicted octanol–water partition coefficient (Wildman–Crippen LogP) is 1.87. The highest BCUT2D eigenvalue weighted by Crippen LogP contribution is 2.32. The fourth-order valence-corrected chi connectivity index (χ4v) is 3.45. The van der Waals surface area contributed by atoms with E-state index in [0.29, 0.717) is 11.6 Å². The molecule has 0 radical (unpaired) electrons. The van der Waals surface area contributed by atoms with Crippen LogP contribution in [-0.4, -0.2) is 39.7 Å². The number of aryl methyl sites for hydroxylation is 1. The molecule has 1 spiro atoms. The molecule has 2 fully saturated rings. The van der Waals surface area contributed by atoms with Crippen LogP contribution in [0.3, 0.4) is 0 Å². The lowest BCUT2D eigenvalue weighted by Gasteiger charge is -2.48. The summed E-state index contributed by atoms with van der Waals surface area (Å²) in [4.78, 5) is 6.83. The molecule has 1 atom stereocenters. The number of hydrogen-bond donors (Lipinski definition) is 1. The molecule has 0 aromatic carbocycles. The van der Waals surface area contributed by atoms with E-state index in [1.807, 2.05) is 6.92 Å². The van der Waals surface area contributed by atoms with Crippen molar-refractivity contribution in [2.75, 3.05) is 13.1 Å². The van der Waals surface area contributed by atoms with E-state index in [1.54, 1.807) is 0 Å². The molecular formula is C14H24N4O. The Balaban J connectivity index is 1.68. The first-order valence-corrected chi connectivity index (χ1v) is 7.45. The van der Waals surface area contributed by atoms with Crippen molar-refractivity contribution in [3.8, 4) is 0 Å². The van der Waals surface area contributed by atoms with Gasteiger partial charge in [-0.15, -0.1) is 0 Å². The summed E-state index contributed by atoms with van der Waals surface area (Å²) >= 11 is 0. The van der Waals surface area contributed by atoms with Crippen LogP contribution in [0, 0.1) is 6.92 Å². The molecule has 2 heterocycles. The van der Waals surface area contributed by atoms with Gasteiger partial charge in [-0.2, -0.15) is 4.98 Å². The Hall–Kier alpha value is -0.940. The molecule has 0 amide bonds. The first kappa shape index (κ1) is 13.1. The second kappa shape index (κ2) is 5.21. The second-order valence-electron chi connectivity index (χ2n) is 6.21. The Kier molecular flexibility index (Phi) is 3.58. The molecule has 1 saturated heterocycles. The van der Waals surface area contributed by atoms with Gasteiger partial charge in [0, 0.05) is 24.7 Å². The van der Waals surface area contributed by atoms with Crippen molar-refractivity contribution in [1.29, 1.82) is 0 Å². The van der Waals surface area contributed by atoms with Crippen molar-refractivity contribution in [2.24, 2.45) is 0 Å². The van der Waals surface area contributed by atoms with Crippen molar-refractivity contribution >= 4 is 0 Å². The molecule has 5 nitrogen and oxygen atoms in total. The summed E-state index contributed by atoms with van der Waals surface area (Å²) in [5, 5.41) is 7.68. The predicted molar refractivity (Wildman–Crippen MR) is 72.7 cm³/mol. The molecule has 1 aromatic rings. The Morgan fingerprint density at radius 3 is 2.84 bits per heavy atom. The monoisotopic (exact) mass is 264 g/mol. The van der Waals surface area contributed by atoms with Crippen molar-refractivity contribution in [1.82, 2.24) is 20.4 Å². The first-order chi connectivity index (χ1) is 9.17. The minimum atomic E-state index is 0.333. The van der Waals surface area contributed by atoms with E-state index in [4.69, 9.17) is 4.52 Å². The molecule has 1 unspecified atom stereocenters. The molecular weight excluding hydrogens is 240 g/mol. The van der Waals surface area contributed by atoms with Gasteiger partial charge in [0.15, 0.2) is 5.82 Å². The van der Waals surface area contributed by atoms with Gasteiger partial charge >= 0.3 is 0 Å². The fraction of sp³-hybridized carbons (Fsp3) is 0.857. The number of nitrogens with zero attached hydrogens (tertiary/aromatic N) is 3. The molecule has 1 aliphatic heterocycles. The Bertz CT molecular complexity index is 425. The SMILES string of the molecule is Cc1noc(CN2CC3(CCCCC3)NCC2C)n1. The maximum Gasteiger partial charge on any atom is 0.240 e. The largest absolute Gasteiger partial charge is 0.338 e. The van der Waals surface area contributed by atoms with Crippen LogP contribution >= 0.6 is 0 Å². The number of nitrogens with one attached hydrogen (secondary N) is 1. The number of piperazine rings is 1. The lowest BCUT2D eigenvalue weighted by molar-refractivity contribution is 0.0500. The molecule has 0 bridgehead atoms. The molecule has 1 N–H and O–H groups in total. The fourth-order valence-electron chi connectivity index (χ4n) is 3.45. The zero-order chi connectivity index (χ0) is 13.3. The molecule has 1 aliphatic carbocycles. The minimum Gasteiger partial charge on any atom is -0.338 e. The lowest BCUT2D eigenvalue weighted by atomic mass is 9.79. The topological polar surface area (TPSA) is 54.2 Å². The van der Waals surface area contributed by atoms with Gasteiger partial charge in [-0.3, -0.25) is 4.90 Å². The molecule has 3 rings (SSSR count). The van der Waals surface area contributed by atoms with Gasteiger partial charge in [0.2, 0.25) is 5.89 Å². The first-order valence-electron chi connectivity index (χ1n) is 7.45. The van der Waals surface area contributed by atoms with Gasteiger partial charge in [-0.05, 0) is 26.7 Å². The average Bonchev–Trinajstić information content (AvgIpc) is 2.81. The maximum absolute atomic E-state index is 5.27. The zero-order valence-electron chi connectivity index (χ0n) is 12.0. The van der Waals surface area contributed by atoms with Crippen LogP contribution in [0.1, 0.15) is 50.7 Å². The van der Waals surface area contributed by atoms with Crippen LogP contribution in [0.4, 0.5) is 0 Å². The summed E-state index contributed by atoms with van der Waals surface area (Å²) in [6.45, 7) is 7.09. The number of rotatable bonds is 2. The van der Waals surface area contributed by atoms with Gasteiger partial charge < -0.3 is 9.84 Å². The third-order valence-electron chi connectivity index (χ3n) is 4.62. The molecule has 106 valence electrons. The molecule has 1 saturated carbocycles. The van der Waals surface area contributed by atoms with E-state index >= 15 is 0 Å². The van der Waals surface area contributed by atoms with Crippen molar-refractivity contribution in [3.05, 3.63) is 11.7 Å². The Morgan fingerprint density at radius 2 is 2.16 bits per heavy atom. The van der Waals surface area contributed by atoms with Crippen LogP contribution in [0.5, 0.6) is 0 Å². The molecule has 19 heavy (non-hydrogen) atoms. The third-order valence-corrected chi connectivity index (χ3v) is 4.62. The number of aromatic nitrogens is 2. The summed E-state index contributed by atoms with van der Waals surface area (Å²) in [5.74, 6) is 1.47. The Labute approximate surface area is 114 Å². The van der Waals surface area contributed by atoms with Gasteiger partial charge in [0.05, 0.1) is 6.54 Å². The van der Waals surface area contributed by atoms with Gasteiger partial charge in [0.25, 0.3) is 0 Å². The average molecular weight is 264 g/mol. The molecule has 5 heteroatoms. The van der Waals surface area contributed by atoms with Crippen LogP contribution in [0.15, 0.2) is 4.52 Å². The van der Waals surface area contributed by atoms with Crippen LogP contribution in [-0.2, 0) is 6.54 Å². The molecule has 2 aliphatic rings. The van der Waals surface area contributed by atoms with Gasteiger partial charge in [-0.1, -0.05) is 24.4 Å². The van der Waals surface area contributed by atoms with Gasteiger partial charge in [0.1, 0.15) is 0 Å². The standard InChI is InChI=1S/C14H24N4O/c1-11-8-15-14(6-4-3-5-7-14)10-18(11)9-13-16-12(2)17-19-13/h11,15H,3-10H2,1-2H3. The second-order valence-corrected chi connectivity index (χ2v) is 6.21. The highest BCUT2D eigenvalue weighted by molar-refractivity contribution is 4.99. The van der Waals surface area contributed by atoms with Crippen molar-refractivity contribution < 1.29 is 4.52 Å². The van der Waals surface area contributed by atoms with E-state index in [-0.39, 0.29) is 0 Å². The molecule has 1 aromatic heterocycles. The van der Waals surface area contributed by atoms with Crippen molar-refractivity contribution in [3.63, 3.8) is 0 Å². The van der Waals surface area contributed by atoms with E-state index < -0.39 is 0 Å². The highest BCUT2D eigenvalue weighted by atomic mass is 16.5. The van der Waals surface area contributed by atoms with E-state index in [9.17, 15) is 0 Å². The summed E-state index contributed by atoms with van der Waals surface area (Å²) in [7, 11) is 0. The van der Waals surface area contributed by atoms with Crippen LogP contribution < -0.4 is 5.32 Å². The quantitative estimate of drug-likeness (QED) is 0.884. The van der Waals surface area contributed by atoms with E-state index in [2.05, 4.69) is 27.3 Å². The van der Waals surface area contributed by atoms with Gasteiger partial charge in [-0.25, -0.2) is 0 Å². The third kappa shape index (κ3) is 2.82. The number of hydrogen-bond acceptors (Lipinski definition) is 5. The van der Waals surface area contributed by atoms with Crippen molar-refractivity contribution in [2.45, 2.75) is 64.1 Å². The zero-order valence-corrected chi connectivity index (χ0v) is 12.0.